The summed E-state index contributed by atoms with van der Waals surface area (Å²) in [7, 11) is 1.87. The molecule has 1 aromatic carbocycles. The molecule has 2 aromatic rings. The van der Waals surface area contributed by atoms with Crippen LogP contribution in [0.4, 0.5) is 5.00 Å². The minimum atomic E-state index is -0.956. The lowest BCUT2D eigenvalue weighted by atomic mass is 10.1. The van der Waals surface area contributed by atoms with Crippen LogP contribution in [-0.2, 0) is 24.2 Å². The summed E-state index contributed by atoms with van der Waals surface area (Å²) in [4.78, 5) is 26.8. The van der Waals surface area contributed by atoms with E-state index in [-0.39, 0.29) is 18.0 Å². The van der Waals surface area contributed by atoms with E-state index >= 15 is 0 Å². The third-order valence-corrected chi connectivity index (χ3v) is 5.30. The second kappa shape index (κ2) is 7.15. The van der Waals surface area contributed by atoms with E-state index in [0.29, 0.717) is 11.5 Å². The number of anilines is 1. The maximum atomic E-state index is 12.3. The minimum absolute atomic E-state index is 0.184. The number of hydrogen-bond donors (Lipinski definition) is 2. The fourth-order valence-electron chi connectivity index (χ4n) is 3.08. The Labute approximate surface area is 144 Å². The van der Waals surface area contributed by atoms with E-state index in [9.17, 15) is 14.7 Å². The number of carboxylic acid groups (broad SMARTS) is 1. The lowest BCUT2D eigenvalue weighted by Crippen LogP contribution is -2.30. The highest BCUT2D eigenvalue weighted by molar-refractivity contribution is 7.17. The number of likely N-dealkylation sites (N-methyl/N-ethyl adjacent to an activating group) is 1. The molecular weight excluding hydrogens is 324 g/mol. The molecule has 0 saturated carbocycles. The van der Waals surface area contributed by atoms with Crippen LogP contribution >= 0.6 is 11.3 Å². The average Bonchev–Trinajstić information content (AvgIpc) is 3.07. The van der Waals surface area contributed by atoms with Gasteiger partial charge in [0.1, 0.15) is 5.00 Å². The summed E-state index contributed by atoms with van der Waals surface area (Å²) in [5, 5.41) is 12.7. The zero-order valence-electron chi connectivity index (χ0n) is 13.5. The van der Waals surface area contributed by atoms with Crippen molar-refractivity contribution in [3.63, 3.8) is 0 Å². The first kappa shape index (κ1) is 16.7. The monoisotopic (exact) mass is 344 g/mol. The molecule has 126 valence electrons. The number of amides is 1. The fraction of sp³-hybridized carbons (Fsp3) is 0.333. The van der Waals surface area contributed by atoms with Crippen LogP contribution in [-0.4, -0.2) is 35.5 Å². The molecule has 1 aliphatic carbocycles. The van der Waals surface area contributed by atoms with Gasteiger partial charge in [0.15, 0.2) is 0 Å². The molecule has 1 amide bonds. The van der Waals surface area contributed by atoms with Crippen molar-refractivity contribution in [3.05, 3.63) is 51.9 Å². The van der Waals surface area contributed by atoms with Gasteiger partial charge in [-0.3, -0.25) is 9.69 Å². The van der Waals surface area contributed by atoms with Gasteiger partial charge in [0, 0.05) is 11.4 Å². The number of thiophene rings is 1. The number of aryl methyl sites for hydroxylation is 1. The Hall–Kier alpha value is -2.18. The number of nitrogens with zero attached hydrogens (tertiary/aromatic N) is 1. The minimum Gasteiger partial charge on any atom is -0.478 e. The first-order valence-corrected chi connectivity index (χ1v) is 8.76. The molecule has 0 spiro atoms. The van der Waals surface area contributed by atoms with Crippen molar-refractivity contribution in [1.29, 1.82) is 0 Å². The molecule has 0 fully saturated rings. The van der Waals surface area contributed by atoms with Crippen molar-refractivity contribution < 1.29 is 14.7 Å². The standard InChI is InChI=1S/C18H20N2O3S/c1-20(10-12-6-3-2-4-7-12)11-15(21)19-17-16(18(22)23)13-8-5-9-14(13)24-17/h2-4,6-7H,5,8-11H2,1H3,(H,19,21)(H,22,23). The van der Waals surface area contributed by atoms with Crippen LogP contribution in [0, 0.1) is 0 Å². The van der Waals surface area contributed by atoms with Gasteiger partial charge in [-0.1, -0.05) is 30.3 Å². The molecule has 0 unspecified atom stereocenters. The van der Waals surface area contributed by atoms with E-state index in [2.05, 4.69) is 5.32 Å². The number of aromatic carboxylic acids is 1. The molecule has 0 saturated heterocycles. The lowest BCUT2D eigenvalue weighted by Gasteiger charge is -2.16. The van der Waals surface area contributed by atoms with Crippen molar-refractivity contribution >= 4 is 28.2 Å². The van der Waals surface area contributed by atoms with Crippen LogP contribution in [0.25, 0.3) is 0 Å². The van der Waals surface area contributed by atoms with Gasteiger partial charge in [0.25, 0.3) is 0 Å². The fourth-order valence-corrected chi connectivity index (χ4v) is 4.38. The molecule has 3 rings (SSSR count). The van der Waals surface area contributed by atoms with Gasteiger partial charge in [0.05, 0.1) is 12.1 Å². The number of carbonyl (C=O) groups excluding carboxylic acids is 1. The Morgan fingerprint density at radius 2 is 2.00 bits per heavy atom. The number of carboxylic acids is 1. The van der Waals surface area contributed by atoms with Crippen molar-refractivity contribution in [2.24, 2.45) is 0 Å². The van der Waals surface area contributed by atoms with Gasteiger partial charge in [-0.05, 0) is 37.4 Å². The molecule has 1 aromatic heterocycles. The Bertz CT molecular complexity index is 755. The summed E-state index contributed by atoms with van der Waals surface area (Å²) in [6, 6.07) is 9.92. The first-order chi connectivity index (χ1) is 11.5. The summed E-state index contributed by atoms with van der Waals surface area (Å²) in [6.45, 7) is 0.886. The normalized spacial score (nSPS) is 13.1. The molecule has 0 atom stereocenters. The van der Waals surface area contributed by atoms with E-state index in [1.165, 1.54) is 11.3 Å². The van der Waals surface area contributed by atoms with Crippen molar-refractivity contribution in [1.82, 2.24) is 4.90 Å². The zero-order valence-corrected chi connectivity index (χ0v) is 14.4. The predicted molar refractivity (Wildman–Crippen MR) is 94.7 cm³/mol. The van der Waals surface area contributed by atoms with E-state index in [4.69, 9.17) is 0 Å². The Kier molecular flexibility index (Phi) is 4.97. The molecule has 2 N–H and O–H groups in total. The van der Waals surface area contributed by atoms with Crippen LogP contribution < -0.4 is 5.32 Å². The Morgan fingerprint density at radius 1 is 1.25 bits per heavy atom. The largest absolute Gasteiger partial charge is 0.478 e. The summed E-state index contributed by atoms with van der Waals surface area (Å²) in [5.41, 5.74) is 2.32. The highest BCUT2D eigenvalue weighted by Crippen LogP contribution is 2.39. The van der Waals surface area contributed by atoms with Crippen molar-refractivity contribution in [2.45, 2.75) is 25.8 Å². The van der Waals surface area contributed by atoms with Gasteiger partial charge in [0.2, 0.25) is 5.91 Å². The van der Waals surface area contributed by atoms with E-state index in [1.54, 1.807) is 0 Å². The molecule has 5 nitrogen and oxygen atoms in total. The maximum absolute atomic E-state index is 12.3. The summed E-state index contributed by atoms with van der Waals surface area (Å²) in [6.07, 6.45) is 2.69. The number of hydrogen-bond acceptors (Lipinski definition) is 4. The molecule has 0 aliphatic heterocycles. The Balaban J connectivity index is 1.64. The van der Waals surface area contributed by atoms with Crippen LogP contribution in [0.3, 0.4) is 0 Å². The number of fused-ring (bicyclic) bond motifs is 1. The molecule has 1 heterocycles. The molecule has 1 aliphatic rings. The van der Waals surface area contributed by atoms with Gasteiger partial charge in [-0.25, -0.2) is 4.79 Å². The van der Waals surface area contributed by atoms with Crippen molar-refractivity contribution in [2.75, 3.05) is 18.9 Å². The smallest absolute Gasteiger partial charge is 0.339 e. The molecular formula is C18H20N2O3S. The number of benzene rings is 1. The van der Waals surface area contributed by atoms with E-state index in [1.807, 2.05) is 42.3 Å². The predicted octanol–water partition coefficient (Wildman–Crippen LogP) is 3.01. The zero-order chi connectivity index (χ0) is 17.1. The van der Waals surface area contributed by atoms with E-state index in [0.717, 1.165) is 35.3 Å². The summed E-state index contributed by atoms with van der Waals surface area (Å²) < 4.78 is 0. The van der Waals surface area contributed by atoms with Gasteiger partial charge >= 0.3 is 5.97 Å². The van der Waals surface area contributed by atoms with Gasteiger partial charge < -0.3 is 10.4 Å². The highest BCUT2D eigenvalue weighted by atomic mass is 32.1. The lowest BCUT2D eigenvalue weighted by molar-refractivity contribution is -0.117. The average molecular weight is 344 g/mol. The second-order valence-electron chi connectivity index (χ2n) is 6.07. The quantitative estimate of drug-likeness (QED) is 0.845. The Morgan fingerprint density at radius 3 is 2.71 bits per heavy atom. The van der Waals surface area contributed by atoms with E-state index < -0.39 is 5.97 Å². The van der Waals surface area contributed by atoms with Gasteiger partial charge in [-0.15, -0.1) is 11.3 Å². The SMILES string of the molecule is CN(CC(=O)Nc1sc2c(c1C(=O)O)CCC2)Cc1ccccc1. The topological polar surface area (TPSA) is 69.6 Å². The summed E-state index contributed by atoms with van der Waals surface area (Å²) >= 11 is 1.41. The number of rotatable bonds is 6. The second-order valence-corrected chi connectivity index (χ2v) is 7.18. The first-order valence-electron chi connectivity index (χ1n) is 7.94. The molecule has 0 radical (unpaired) electrons. The molecule has 0 bridgehead atoms. The number of carbonyl (C=O) groups is 2. The summed E-state index contributed by atoms with van der Waals surface area (Å²) in [5.74, 6) is -1.14. The van der Waals surface area contributed by atoms with Crippen LogP contribution in [0.2, 0.25) is 0 Å². The third-order valence-electron chi connectivity index (χ3n) is 4.10. The maximum Gasteiger partial charge on any atom is 0.339 e. The molecule has 24 heavy (non-hydrogen) atoms. The van der Waals surface area contributed by atoms with Crippen LogP contribution in [0.5, 0.6) is 0 Å². The van der Waals surface area contributed by atoms with Gasteiger partial charge in [-0.2, -0.15) is 0 Å². The molecule has 6 heteroatoms. The van der Waals surface area contributed by atoms with Crippen LogP contribution in [0.15, 0.2) is 30.3 Å². The third kappa shape index (κ3) is 3.66. The van der Waals surface area contributed by atoms with Crippen LogP contribution in [0.1, 0.15) is 32.8 Å². The number of nitrogens with one attached hydrogen (secondary N) is 1. The van der Waals surface area contributed by atoms with Crippen molar-refractivity contribution in [3.8, 4) is 0 Å². The highest BCUT2D eigenvalue weighted by Gasteiger charge is 2.27.